The number of hydrogen-bond donors (Lipinski definition) is 2. The molecule has 11 heteroatoms. The van der Waals surface area contributed by atoms with Crippen molar-refractivity contribution in [1.82, 2.24) is 10.9 Å². The van der Waals surface area contributed by atoms with Crippen LogP contribution in [0, 0.1) is 0 Å². The van der Waals surface area contributed by atoms with Gasteiger partial charge in [-0.05, 0) is 53.6 Å². The Hall–Kier alpha value is -5.81. The van der Waals surface area contributed by atoms with Crippen LogP contribution in [-0.2, 0) is 14.3 Å². The largest absolute Gasteiger partial charge is 0.493 e. The molecular weight excluding hydrogens is 578 g/mol. The Morgan fingerprint density at radius 1 is 0.756 bits per heavy atom. The monoisotopic (exact) mass is 607 g/mol. The van der Waals surface area contributed by atoms with Gasteiger partial charge in [0.05, 0.1) is 31.9 Å². The van der Waals surface area contributed by atoms with Gasteiger partial charge in [0.2, 0.25) is 5.91 Å². The summed E-state index contributed by atoms with van der Waals surface area (Å²) in [5.74, 6) is -1.89. The highest BCUT2D eigenvalue weighted by Gasteiger charge is 2.39. The first-order valence-electron chi connectivity index (χ1n) is 13.9. The maximum Gasteiger partial charge on any atom is 0.338 e. The van der Waals surface area contributed by atoms with Crippen molar-refractivity contribution < 1.29 is 38.2 Å². The lowest BCUT2D eigenvalue weighted by atomic mass is 10.0. The average molecular weight is 608 g/mol. The van der Waals surface area contributed by atoms with E-state index in [0.717, 1.165) is 16.0 Å². The highest BCUT2D eigenvalue weighted by atomic mass is 16.5. The number of carbonyl (C=O) groups excluding carboxylic acids is 5. The van der Waals surface area contributed by atoms with Crippen LogP contribution in [0.1, 0.15) is 37.5 Å². The Bertz CT molecular complexity index is 1740. The smallest absolute Gasteiger partial charge is 0.338 e. The van der Waals surface area contributed by atoms with Gasteiger partial charge in [-0.2, -0.15) is 0 Å². The summed E-state index contributed by atoms with van der Waals surface area (Å²) in [6.07, 6.45) is -0.191. The van der Waals surface area contributed by atoms with Crippen molar-refractivity contribution in [3.63, 3.8) is 0 Å². The molecule has 2 N–H and O–H groups in total. The molecule has 1 aliphatic rings. The summed E-state index contributed by atoms with van der Waals surface area (Å²) in [5.41, 5.74) is 8.09. The first-order chi connectivity index (χ1) is 21.8. The van der Waals surface area contributed by atoms with Crippen LogP contribution in [-0.4, -0.2) is 56.3 Å². The zero-order valence-corrected chi connectivity index (χ0v) is 24.4. The maximum atomic E-state index is 13.0. The summed E-state index contributed by atoms with van der Waals surface area (Å²) < 4.78 is 15.6. The number of ether oxygens (including phenoxy) is 3. The number of carbonyl (C=O) groups is 5. The predicted octanol–water partition coefficient (Wildman–Crippen LogP) is 3.98. The van der Waals surface area contributed by atoms with Gasteiger partial charge in [0, 0.05) is 11.1 Å². The van der Waals surface area contributed by atoms with E-state index in [1.54, 1.807) is 18.2 Å². The maximum absolute atomic E-state index is 13.0. The van der Waals surface area contributed by atoms with Gasteiger partial charge < -0.3 is 14.2 Å². The number of rotatable bonds is 11. The zero-order chi connectivity index (χ0) is 31.9. The van der Waals surface area contributed by atoms with Crippen LogP contribution in [0.15, 0.2) is 97.1 Å². The minimum absolute atomic E-state index is 0.141. The second kappa shape index (κ2) is 13.7. The van der Waals surface area contributed by atoms with E-state index in [-0.39, 0.29) is 29.0 Å². The fourth-order valence-electron chi connectivity index (χ4n) is 4.74. The third kappa shape index (κ3) is 6.89. The number of Topliss-reactive ketones (excluding diaryl/α,β-unsaturated/α-hetero) is 1. The number of imide groups is 1. The predicted molar refractivity (Wildman–Crippen MR) is 164 cm³/mol. The van der Waals surface area contributed by atoms with E-state index in [0.29, 0.717) is 17.1 Å². The number of esters is 1. The third-order valence-corrected chi connectivity index (χ3v) is 7.16. The lowest BCUT2D eigenvalue weighted by Gasteiger charge is -2.16. The number of nitrogens with zero attached hydrogens (tertiary/aromatic N) is 1. The van der Waals surface area contributed by atoms with Gasteiger partial charge in [-0.15, -0.1) is 0 Å². The van der Waals surface area contributed by atoms with Crippen molar-refractivity contribution >= 4 is 35.2 Å². The Morgan fingerprint density at radius 3 is 2.04 bits per heavy atom. The first kappa shape index (κ1) is 30.6. The molecule has 1 unspecified atom stereocenters. The lowest BCUT2D eigenvalue weighted by molar-refractivity contribution is -0.121. The van der Waals surface area contributed by atoms with Crippen molar-refractivity contribution in [3.05, 3.63) is 114 Å². The average Bonchev–Trinajstić information content (AvgIpc) is 3.37. The number of amides is 3. The molecule has 0 radical (unpaired) electrons. The summed E-state index contributed by atoms with van der Waals surface area (Å²) in [5, 5.41) is 0. The van der Waals surface area contributed by atoms with E-state index in [9.17, 15) is 24.0 Å². The number of hydrazine groups is 1. The minimum atomic E-state index is -1.00. The van der Waals surface area contributed by atoms with Gasteiger partial charge >= 0.3 is 5.97 Å². The van der Waals surface area contributed by atoms with Crippen molar-refractivity contribution in [2.24, 2.45) is 0 Å². The molecule has 1 fully saturated rings. The molecule has 0 saturated carbocycles. The van der Waals surface area contributed by atoms with E-state index in [1.807, 2.05) is 42.5 Å². The second-order valence-corrected chi connectivity index (χ2v) is 9.98. The summed E-state index contributed by atoms with van der Waals surface area (Å²) in [6.45, 7) is -0.448. The molecular formula is C34H29N3O8. The van der Waals surface area contributed by atoms with Gasteiger partial charge in [0.1, 0.15) is 6.04 Å². The van der Waals surface area contributed by atoms with Crippen LogP contribution < -0.4 is 25.2 Å². The van der Waals surface area contributed by atoms with Gasteiger partial charge in [-0.25, -0.2) is 15.1 Å². The van der Waals surface area contributed by atoms with Crippen molar-refractivity contribution in [2.75, 3.05) is 25.7 Å². The number of anilines is 1. The second-order valence-electron chi connectivity index (χ2n) is 9.98. The van der Waals surface area contributed by atoms with Gasteiger partial charge in [-0.3, -0.25) is 24.6 Å². The fraction of sp³-hybridized carbons (Fsp3) is 0.147. The van der Waals surface area contributed by atoms with E-state index in [1.165, 1.54) is 50.6 Å². The number of hydrogen-bond acceptors (Lipinski definition) is 9. The molecule has 0 aromatic heterocycles. The topological polar surface area (TPSA) is 140 Å². The molecule has 45 heavy (non-hydrogen) atoms. The van der Waals surface area contributed by atoms with E-state index in [4.69, 9.17) is 14.2 Å². The summed E-state index contributed by atoms with van der Waals surface area (Å²) in [7, 11) is 2.92. The fourth-order valence-corrected chi connectivity index (χ4v) is 4.74. The number of methoxy groups -OCH3 is 2. The SMILES string of the molecule is COc1ccc(C(=O)NNC2CC(=O)N(c3ccc(C(=O)OCC(=O)c4ccc(-c5ccccc5)cc4)cc3)C2=O)cc1OC. The molecule has 1 heterocycles. The van der Waals surface area contributed by atoms with Crippen LogP contribution in [0.4, 0.5) is 5.69 Å². The minimum Gasteiger partial charge on any atom is -0.493 e. The lowest BCUT2D eigenvalue weighted by Crippen LogP contribution is -2.48. The van der Waals surface area contributed by atoms with E-state index < -0.39 is 36.3 Å². The number of benzene rings is 4. The molecule has 4 aromatic carbocycles. The molecule has 228 valence electrons. The molecule has 0 aliphatic carbocycles. The summed E-state index contributed by atoms with van der Waals surface area (Å²) in [6, 6.07) is 26.0. The van der Waals surface area contributed by atoms with E-state index in [2.05, 4.69) is 10.9 Å². The summed E-state index contributed by atoms with van der Waals surface area (Å²) in [4.78, 5) is 64.5. The van der Waals surface area contributed by atoms with Gasteiger partial charge in [0.15, 0.2) is 23.9 Å². The summed E-state index contributed by atoms with van der Waals surface area (Å²) >= 11 is 0. The van der Waals surface area contributed by atoms with Crippen LogP contribution in [0.25, 0.3) is 11.1 Å². The van der Waals surface area contributed by atoms with Crippen LogP contribution >= 0.6 is 0 Å². The van der Waals surface area contributed by atoms with Crippen molar-refractivity contribution in [1.29, 1.82) is 0 Å². The molecule has 11 nitrogen and oxygen atoms in total. The molecule has 5 rings (SSSR count). The molecule has 1 aliphatic heterocycles. The number of nitrogens with one attached hydrogen (secondary N) is 2. The Balaban J connectivity index is 1.14. The van der Waals surface area contributed by atoms with Crippen molar-refractivity contribution in [3.8, 4) is 22.6 Å². The third-order valence-electron chi connectivity index (χ3n) is 7.16. The molecule has 1 saturated heterocycles. The Morgan fingerprint density at radius 2 is 1.38 bits per heavy atom. The molecule has 0 bridgehead atoms. The van der Waals surface area contributed by atoms with Crippen LogP contribution in [0.2, 0.25) is 0 Å². The van der Waals surface area contributed by atoms with E-state index >= 15 is 0 Å². The Labute approximate surface area is 258 Å². The number of ketones is 1. The molecule has 3 amide bonds. The van der Waals surface area contributed by atoms with Gasteiger partial charge in [-0.1, -0.05) is 54.6 Å². The van der Waals surface area contributed by atoms with Crippen LogP contribution in [0.3, 0.4) is 0 Å². The highest BCUT2D eigenvalue weighted by Crippen LogP contribution is 2.28. The molecule has 4 aromatic rings. The van der Waals surface area contributed by atoms with Crippen molar-refractivity contribution in [2.45, 2.75) is 12.5 Å². The first-order valence-corrected chi connectivity index (χ1v) is 13.9. The van der Waals surface area contributed by atoms with Crippen LogP contribution in [0.5, 0.6) is 11.5 Å². The Kier molecular flexibility index (Phi) is 9.30. The quantitative estimate of drug-likeness (QED) is 0.112. The highest BCUT2D eigenvalue weighted by molar-refractivity contribution is 6.22. The standard InChI is InChI=1S/C34H29N3O8/c1-43-29-17-14-25(18-30(29)44-2)32(40)36-35-27-19-31(39)37(33(27)41)26-15-12-24(13-16-26)34(42)45-20-28(38)23-10-8-22(9-11-23)21-6-4-3-5-7-21/h3-18,27,35H,19-20H2,1-2H3,(H,36,40). The molecule has 1 atom stereocenters. The van der Waals surface area contributed by atoms with Gasteiger partial charge in [0.25, 0.3) is 11.8 Å². The normalized spacial score (nSPS) is 14.2. The zero-order valence-electron chi connectivity index (χ0n) is 24.4. The molecule has 0 spiro atoms.